The van der Waals surface area contributed by atoms with E-state index in [9.17, 15) is 8.78 Å². The van der Waals surface area contributed by atoms with Crippen molar-refractivity contribution in [2.24, 2.45) is 4.99 Å². The second-order valence-electron chi connectivity index (χ2n) is 7.10. The standard InChI is InChI=1S/C24H19F3N2O/c1-14-11-17(16-5-4-6-18(25)12-16)13-20(15(14)2)29(3)24-19(26)7-8-21(23(24)27)30-22-9-10-28-22/h4-13H,1-3H3. The predicted molar refractivity (Wildman–Crippen MR) is 113 cm³/mol. The van der Waals surface area contributed by atoms with Gasteiger partial charge in [-0.25, -0.2) is 18.2 Å². The maximum absolute atomic E-state index is 15.2. The molecule has 0 aromatic heterocycles. The Kier molecular flexibility index (Phi) is 5.08. The van der Waals surface area contributed by atoms with E-state index in [2.05, 4.69) is 4.99 Å². The van der Waals surface area contributed by atoms with E-state index in [0.717, 1.165) is 22.8 Å². The first-order valence-corrected chi connectivity index (χ1v) is 9.36. The first-order valence-electron chi connectivity index (χ1n) is 9.36. The lowest BCUT2D eigenvalue weighted by Gasteiger charge is -2.25. The molecule has 0 fully saturated rings. The maximum Gasteiger partial charge on any atom is 0.220 e. The van der Waals surface area contributed by atoms with E-state index in [4.69, 9.17) is 4.74 Å². The van der Waals surface area contributed by atoms with E-state index in [-0.39, 0.29) is 23.2 Å². The topological polar surface area (TPSA) is 24.8 Å². The van der Waals surface area contributed by atoms with Gasteiger partial charge < -0.3 is 9.64 Å². The summed E-state index contributed by atoms with van der Waals surface area (Å²) in [5.41, 5.74) is 3.57. The molecule has 1 aliphatic heterocycles. The van der Waals surface area contributed by atoms with Gasteiger partial charge in [0.2, 0.25) is 5.90 Å². The molecule has 0 N–H and O–H groups in total. The Hall–Kier alpha value is -3.54. The van der Waals surface area contributed by atoms with Crippen molar-refractivity contribution in [3.05, 3.63) is 89.4 Å². The molecular formula is C24H19F3N2O. The van der Waals surface area contributed by atoms with Crippen molar-refractivity contribution in [2.45, 2.75) is 13.8 Å². The van der Waals surface area contributed by atoms with Crippen LogP contribution >= 0.6 is 0 Å². The first kappa shape index (κ1) is 19.8. The van der Waals surface area contributed by atoms with Crippen molar-refractivity contribution in [3.63, 3.8) is 0 Å². The van der Waals surface area contributed by atoms with Crippen molar-refractivity contribution in [3.8, 4) is 16.9 Å². The molecule has 0 spiro atoms. The normalized spacial score (nSPS) is 12.4. The molecule has 3 aromatic rings. The van der Waals surface area contributed by atoms with Crippen molar-refractivity contribution in [1.82, 2.24) is 0 Å². The zero-order chi connectivity index (χ0) is 21.4. The van der Waals surface area contributed by atoms with E-state index in [1.165, 1.54) is 29.3 Å². The van der Waals surface area contributed by atoms with Crippen LogP contribution in [-0.2, 0) is 0 Å². The van der Waals surface area contributed by atoms with Gasteiger partial charge in [-0.3, -0.25) is 0 Å². The highest BCUT2D eigenvalue weighted by atomic mass is 19.1. The molecule has 0 bridgehead atoms. The molecule has 0 saturated heterocycles. The molecule has 6 heteroatoms. The van der Waals surface area contributed by atoms with Crippen LogP contribution in [0.25, 0.3) is 11.1 Å². The maximum atomic E-state index is 15.2. The number of benzene rings is 3. The van der Waals surface area contributed by atoms with Gasteiger partial charge in [-0.05, 0) is 66.4 Å². The smallest absolute Gasteiger partial charge is 0.220 e. The minimum atomic E-state index is -0.825. The third-order valence-electron chi connectivity index (χ3n) is 5.16. The number of aliphatic imine (C=N–C) groups is 1. The minimum absolute atomic E-state index is 0.114. The Morgan fingerprint density at radius 3 is 2.37 bits per heavy atom. The molecular weight excluding hydrogens is 389 g/mol. The van der Waals surface area contributed by atoms with E-state index in [1.54, 1.807) is 31.3 Å². The molecule has 0 saturated carbocycles. The molecule has 30 heavy (non-hydrogen) atoms. The Morgan fingerprint density at radius 2 is 1.70 bits per heavy atom. The van der Waals surface area contributed by atoms with Crippen molar-refractivity contribution < 1.29 is 17.9 Å². The summed E-state index contributed by atoms with van der Waals surface area (Å²) in [5, 5.41) is 0. The van der Waals surface area contributed by atoms with Gasteiger partial charge >= 0.3 is 0 Å². The van der Waals surface area contributed by atoms with Crippen LogP contribution in [0, 0.1) is 31.3 Å². The molecule has 3 aromatic carbocycles. The summed E-state index contributed by atoms with van der Waals surface area (Å²) in [5.74, 6) is -1.75. The quantitative estimate of drug-likeness (QED) is 0.495. The summed E-state index contributed by atoms with van der Waals surface area (Å²) in [7, 11) is 1.59. The largest absolute Gasteiger partial charge is 0.436 e. The Balaban J connectivity index is 1.80. The third-order valence-corrected chi connectivity index (χ3v) is 5.16. The lowest BCUT2D eigenvalue weighted by atomic mass is 9.98. The van der Waals surface area contributed by atoms with Gasteiger partial charge in [-0.15, -0.1) is 0 Å². The van der Waals surface area contributed by atoms with Crippen LogP contribution in [0.2, 0.25) is 0 Å². The van der Waals surface area contributed by atoms with Gasteiger partial charge in [-0.1, -0.05) is 18.2 Å². The Morgan fingerprint density at radius 1 is 0.933 bits per heavy atom. The second kappa shape index (κ2) is 7.71. The summed E-state index contributed by atoms with van der Waals surface area (Å²) < 4.78 is 48.9. The summed E-state index contributed by atoms with van der Waals surface area (Å²) in [6, 6.07) is 12.3. The molecule has 0 unspecified atom stereocenters. The molecule has 1 aliphatic rings. The first-order chi connectivity index (χ1) is 14.3. The van der Waals surface area contributed by atoms with Crippen molar-refractivity contribution >= 4 is 17.3 Å². The van der Waals surface area contributed by atoms with E-state index in [1.807, 2.05) is 19.9 Å². The van der Waals surface area contributed by atoms with Gasteiger partial charge in [0.25, 0.3) is 0 Å². The lowest BCUT2D eigenvalue weighted by Crippen LogP contribution is -2.17. The Labute approximate surface area is 172 Å². The SMILES string of the molecule is Cc1cc(-c2cccc(F)c2)cc(N(C)c2c(F)ccc(OC3=NC=C3)c2F)c1C. The predicted octanol–water partition coefficient (Wildman–Crippen LogP) is 6.46. The molecule has 4 rings (SSSR count). The summed E-state index contributed by atoms with van der Waals surface area (Å²) >= 11 is 0. The third kappa shape index (κ3) is 3.56. The van der Waals surface area contributed by atoms with Crippen LogP contribution in [0.1, 0.15) is 11.1 Å². The fraction of sp³-hybridized carbons (Fsp3) is 0.125. The fourth-order valence-corrected chi connectivity index (χ4v) is 3.36. The van der Waals surface area contributed by atoms with Crippen molar-refractivity contribution in [1.29, 1.82) is 0 Å². The summed E-state index contributed by atoms with van der Waals surface area (Å²) in [4.78, 5) is 5.29. The van der Waals surface area contributed by atoms with Gasteiger partial charge in [0, 0.05) is 25.0 Å². The van der Waals surface area contributed by atoms with Crippen LogP contribution < -0.4 is 9.64 Å². The lowest BCUT2D eigenvalue weighted by molar-refractivity contribution is 0.484. The van der Waals surface area contributed by atoms with Crippen LogP contribution in [0.15, 0.2) is 65.8 Å². The molecule has 0 aliphatic carbocycles. The highest BCUT2D eigenvalue weighted by Crippen LogP contribution is 2.38. The molecule has 152 valence electrons. The van der Waals surface area contributed by atoms with Crippen LogP contribution in [0.3, 0.4) is 0 Å². The van der Waals surface area contributed by atoms with Crippen molar-refractivity contribution in [2.75, 3.05) is 11.9 Å². The molecule has 0 radical (unpaired) electrons. The van der Waals surface area contributed by atoms with Gasteiger partial charge in [0.15, 0.2) is 11.6 Å². The number of rotatable bonds is 4. The van der Waals surface area contributed by atoms with Crippen LogP contribution in [0.5, 0.6) is 5.75 Å². The highest BCUT2D eigenvalue weighted by molar-refractivity contribution is 5.94. The summed E-state index contributed by atoms with van der Waals surface area (Å²) in [6.07, 6.45) is 3.11. The average molecular weight is 408 g/mol. The van der Waals surface area contributed by atoms with Gasteiger partial charge in [0.05, 0.1) is 0 Å². The molecule has 3 nitrogen and oxygen atoms in total. The zero-order valence-corrected chi connectivity index (χ0v) is 16.7. The molecule has 1 heterocycles. The zero-order valence-electron chi connectivity index (χ0n) is 16.7. The van der Waals surface area contributed by atoms with E-state index >= 15 is 4.39 Å². The number of ether oxygens (including phenoxy) is 1. The Bertz CT molecular complexity index is 1200. The van der Waals surface area contributed by atoms with Crippen LogP contribution in [-0.4, -0.2) is 12.9 Å². The van der Waals surface area contributed by atoms with Gasteiger partial charge in [0.1, 0.15) is 17.3 Å². The molecule has 0 atom stereocenters. The summed E-state index contributed by atoms with van der Waals surface area (Å²) in [6.45, 7) is 3.78. The number of nitrogens with zero attached hydrogens (tertiary/aromatic N) is 2. The number of halogens is 3. The number of aryl methyl sites for hydroxylation is 1. The van der Waals surface area contributed by atoms with E-state index < -0.39 is 11.6 Å². The fourth-order valence-electron chi connectivity index (χ4n) is 3.36. The number of hydrogen-bond acceptors (Lipinski definition) is 3. The number of anilines is 2. The van der Waals surface area contributed by atoms with Crippen LogP contribution in [0.4, 0.5) is 24.5 Å². The second-order valence-corrected chi connectivity index (χ2v) is 7.10. The highest BCUT2D eigenvalue weighted by Gasteiger charge is 2.22. The molecule has 0 amide bonds. The number of hydrogen-bond donors (Lipinski definition) is 0. The minimum Gasteiger partial charge on any atom is -0.436 e. The average Bonchev–Trinajstić information content (AvgIpc) is 2.68. The van der Waals surface area contributed by atoms with Gasteiger partial charge in [-0.2, -0.15) is 0 Å². The van der Waals surface area contributed by atoms with E-state index in [0.29, 0.717) is 11.3 Å². The monoisotopic (exact) mass is 408 g/mol.